The van der Waals surface area contributed by atoms with Gasteiger partial charge in [0.15, 0.2) is 5.76 Å². The van der Waals surface area contributed by atoms with Crippen molar-refractivity contribution in [2.45, 2.75) is 0 Å². The summed E-state index contributed by atoms with van der Waals surface area (Å²) < 4.78 is 4.97. The van der Waals surface area contributed by atoms with Gasteiger partial charge in [0.1, 0.15) is 5.75 Å². The number of carbonyl (C=O) groups is 1. The Balaban J connectivity index is 2.33. The fourth-order valence-corrected chi connectivity index (χ4v) is 1.16. The summed E-state index contributed by atoms with van der Waals surface area (Å²) in [7, 11) is 0. The lowest BCUT2D eigenvalue weighted by atomic mass is 10.1. The average Bonchev–Trinajstić information content (AvgIpc) is 2.71. The number of hydrogen-bond donors (Lipinski definition) is 1. The van der Waals surface area contributed by atoms with E-state index in [2.05, 4.69) is 0 Å². The Bertz CT molecular complexity index is 426. The van der Waals surface area contributed by atoms with Crippen molar-refractivity contribution < 1.29 is 14.3 Å². The minimum Gasteiger partial charge on any atom is -0.508 e. The Kier molecular flexibility index (Phi) is 2.07. The largest absolute Gasteiger partial charge is 0.508 e. The molecule has 0 aliphatic carbocycles. The van der Waals surface area contributed by atoms with Gasteiger partial charge in [-0.15, -0.1) is 0 Å². The smallest absolute Gasteiger partial charge is 0.228 e. The first-order valence-corrected chi connectivity index (χ1v) is 4.14. The van der Waals surface area contributed by atoms with Crippen molar-refractivity contribution in [1.82, 2.24) is 0 Å². The zero-order valence-electron chi connectivity index (χ0n) is 7.31. The molecule has 0 saturated heterocycles. The van der Waals surface area contributed by atoms with Crippen molar-refractivity contribution >= 4 is 5.78 Å². The third-order valence-corrected chi connectivity index (χ3v) is 1.87. The fourth-order valence-electron chi connectivity index (χ4n) is 1.16. The van der Waals surface area contributed by atoms with Gasteiger partial charge in [0.05, 0.1) is 6.26 Å². The molecule has 1 aromatic heterocycles. The Hall–Kier alpha value is -2.03. The second-order valence-electron chi connectivity index (χ2n) is 2.85. The number of ketones is 1. The maximum Gasteiger partial charge on any atom is 0.228 e. The van der Waals surface area contributed by atoms with Crippen molar-refractivity contribution in [1.29, 1.82) is 0 Å². The molecule has 0 amide bonds. The van der Waals surface area contributed by atoms with Crippen LogP contribution in [0.2, 0.25) is 0 Å². The van der Waals surface area contributed by atoms with Crippen molar-refractivity contribution in [2.75, 3.05) is 0 Å². The SMILES string of the molecule is O=C(c1ccc(O)cc1)c1ccco1. The molecule has 14 heavy (non-hydrogen) atoms. The highest BCUT2D eigenvalue weighted by Gasteiger charge is 2.10. The highest BCUT2D eigenvalue weighted by atomic mass is 16.3. The normalized spacial score (nSPS) is 10.0. The molecular weight excluding hydrogens is 180 g/mol. The van der Waals surface area contributed by atoms with Crippen LogP contribution in [0.25, 0.3) is 0 Å². The third kappa shape index (κ3) is 1.52. The van der Waals surface area contributed by atoms with Crippen molar-refractivity contribution in [2.24, 2.45) is 0 Å². The van der Waals surface area contributed by atoms with Gasteiger partial charge in [0.25, 0.3) is 0 Å². The lowest BCUT2D eigenvalue weighted by molar-refractivity contribution is 0.101. The van der Waals surface area contributed by atoms with Crippen LogP contribution in [-0.4, -0.2) is 10.9 Å². The number of furan rings is 1. The Morgan fingerprint density at radius 2 is 1.86 bits per heavy atom. The number of hydrogen-bond acceptors (Lipinski definition) is 3. The highest BCUT2D eigenvalue weighted by molar-refractivity contribution is 6.07. The number of phenols is 1. The molecule has 0 unspecified atom stereocenters. The van der Waals surface area contributed by atoms with Gasteiger partial charge in [-0.05, 0) is 36.4 Å². The van der Waals surface area contributed by atoms with Gasteiger partial charge in [-0.1, -0.05) is 0 Å². The van der Waals surface area contributed by atoms with Crippen LogP contribution >= 0.6 is 0 Å². The van der Waals surface area contributed by atoms with E-state index in [1.165, 1.54) is 18.4 Å². The average molecular weight is 188 g/mol. The van der Waals surface area contributed by atoms with Gasteiger partial charge >= 0.3 is 0 Å². The maximum atomic E-state index is 11.6. The van der Waals surface area contributed by atoms with Crippen LogP contribution < -0.4 is 0 Å². The third-order valence-electron chi connectivity index (χ3n) is 1.87. The molecule has 0 fully saturated rings. The van der Waals surface area contributed by atoms with Crippen molar-refractivity contribution in [3.05, 3.63) is 54.0 Å². The standard InChI is InChI=1S/C11H8O3/c12-9-5-3-8(4-6-9)11(13)10-2-1-7-14-10/h1-7,12H. The minimum absolute atomic E-state index is 0.140. The summed E-state index contributed by atoms with van der Waals surface area (Å²) in [6.07, 6.45) is 1.45. The number of rotatable bonds is 2. The molecule has 0 radical (unpaired) electrons. The van der Waals surface area contributed by atoms with Gasteiger partial charge in [0, 0.05) is 5.56 Å². The van der Waals surface area contributed by atoms with Gasteiger partial charge in [-0.2, -0.15) is 0 Å². The van der Waals surface area contributed by atoms with Crippen LogP contribution in [0, 0.1) is 0 Å². The first-order chi connectivity index (χ1) is 6.77. The van der Waals surface area contributed by atoms with Crippen LogP contribution in [0.5, 0.6) is 5.75 Å². The van der Waals surface area contributed by atoms with Crippen LogP contribution in [0.15, 0.2) is 47.1 Å². The molecule has 2 rings (SSSR count). The quantitative estimate of drug-likeness (QED) is 0.735. The Labute approximate surface area is 80.6 Å². The summed E-state index contributed by atoms with van der Waals surface area (Å²) >= 11 is 0. The summed E-state index contributed by atoms with van der Waals surface area (Å²) in [4.78, 5) is 11.6. The lowest BCUT2D eigenvalue weighted by Crippen LogP contribution is -1.98. The molecular formula is C11H8O3. The fraction of sp³-hybridized carbons (Fsp3) is 0. The molecule has 3 heteroatoms. The lowest BCUT2D eigenvalue weighted by Gasteiger charge is -1.97. The van der Waals surface area contributed by atoms with Crippen LogP contribution in [0.1, 0.15) is 16.1 Å². The summed E-state index contributed by atoms with van der Waals surface area (Å²) in [5.41, 5.74) is 0.498. The first kappa shape index (κ1) is 8.56. The summed E-state index contributed by atoms with van der Waals surface area (Å²) in [6.45, 7) is 0. The molecule has 0 aliphatic heterocycles. The number of aromatic hydroxyl groups is 1. The second-order valence-corrected chi connectivity index (χ2v) is 2.85. The van der Waals surface area contributed by atoms with E-state index >= 15 is 0 Å². The predicted molar refractivity (Wildman–Crippen MR) is 50.2 cm³/mol. The van der Waals surface area contributed by atoms with Crippen LogP contribution in [0.3, 0.4) is 0 Å². The summed E-state index contributed by atoms with van der Waals surface area (Å²) in [6, 6.07) is 9.32. The van der Waals surface area contributed by atoms with Crippen LogP contribution in [0.4, 0.5) is 0 Å². The molecule has 1 aromatic carbocycles. The molecule has 3 nitrogen and oxygen atoms in total. The maximum absolute atomic E-state index is 11.6. The van der Waals surface area contributed by atoms with E-state index in [1.54, 1.807) is 24.3 Å². The van der Waals surface area contributed by atoms with Gasteiger partial charge < -0.3 is 9.52 Å². The van der Waals surface area contributed by atoms with Gasteiger partial charge in [-0.3, -0.25) is 4.79 Å². The molecule has 0 bridgehead atoms. The van der Waals surface area contributed by atoms with Crippen molar-refractivity contribution in [3.63, 3.8) is 0 Å². The zero-order chi connectivity index (χ0) is 9.97. The minimum atomic E-state index is -0.185. The predicted octanol–water partition coefficient (Wildman–Crippen LogP) is 2.22. The molecule has 70 valence electrons. The summed E-state index contributed by atoms with van der Waals surface area (Å²) in [5.74, 6) is 0.256. The molecule has 2 aromatic rings. The van der Waals surface area contributed by atoms with E-state index in [9.17, 15) is 4.79 Å². The number of phenolic OH excluding ortho intramolecular Hbond substituents is 1. The van der Waals surface area contributed by atoms with E-state index in [0.717, 1.165) is 0 Å². The first-order valence-electron chi connectivity index (χ1n) is 4.14. The van der Waals surface area contributed by atoms with Gasteiger partial charge in [-0.25, -0.2) is 0 Å². The van der Waals surface area contributed by atoms with E-state index in [-0.39, 0.29) is 11.5 Å². The van der Waals surface area contributed by atoms with E-state index in [0.29, 0.717) is 11.3 Å². The highest BCUT2D eigenvalue weighted by Crippen LogP contribution is 2.14. The number of benzene rings is 1. The molecule has 0 atom stereocenters. The van der Waals surface area contributed by atoms with Crippen LogP contribution in [-0.2, 0) is 0 Å². The molecule has 0 aliphatic rings. The topological polar surface area (TPSA) is 50.4 Å². The Morgan fingerprint density at radius 3 is 2.43 bits per heavy atom. The summed E-state index contributed by atoms with van der Waals surface area (Å²) in [5, 5.41) is 9.03. The molecule has 1 N–H and O–H groups in total. The molecule has 0 spiro atoms. The van der Waals surface area contributed by atoms with Crippen molar-refractivity contribution in [3.8, 4) is 5.75 Å². The van der Waals surface area contributed by atoms with Gasteiger partial charge in [0.2, 0.25) is 5.78 Å². The van der Waals surface area contributed by atoms with E-state index in [1.807, 2.05) is 0 Å². The van der Waals surface area contributed by atoms with E-state index in [4.69, 9.17) is 9.52 Å². The molecule has 1 heterocycles. The zero-order valence-corrected chi connectivity index (χ0v) is 7.31. The second kappa shape index (κ2) is 3.38. The number of carbonyl (C=O) groups excluding carboxylic acids is 1. The van der Waals surface area contributed by atoms with E-state index < -0.39 is 0 Å². The molecule has 0 saturated carbocycles. The monoisotopic (exact) mass is 188 g/mol. The Morgan fingerprint density at radius 1 is 1.14 bits per heavy atom.